The van der Waals surface area contributed by atoms with E-state index in [-0.39, 0.29) is 0 Å². The third-order valence-electron chi connectivity index (χ3n) is 7.11. The number of nitrogens with zero attached hydrogens (tertiary/aromatic N) is 2. The average Bonchev–Trinajstić information content (AvgIpc) is 2.91. The van der Waals surface area contributed by atoms with Crippen molar-refractivity contribution in [1.29, 1.82) is 0 Å². The van der Waals surface area contributed by atoms with Crippen molar-refractivity contribution in [1.82, 2.24) is 9.97 Å². The Balaban J connectivity index is 1.70. The lowest BCUT2D eigenvalue weighted by molar-refractivity contribution is -0.160. The standard InChI is InChI=1S/C33H30N2O4/c1-19-18-25-22(10-12-24(35-25)20-8-6-5-7-9-20)29(27(19)31(32(36)37)39-33(2,3)4)23-11-13-26-28-21(15-17-38-26)14-16-34-30(23)28/h5-14,16,18,31H,15,17H2,1-4H3,(H,36,37)/t31-/m0/s1. The molecule has 6 rings (SSSR count). The van der Waals surface area contributed by atoms with E-state index in [0.717, 1.165) is 61.9 Å². The number of benzene rings is 3. The molecule has 6 nitrogen and oxygen atoms in total. The highest BCUT2D eigenvalue weighted by Crippen LogP contribution is 2.45. The number of carbonyl (C=O) groups is 1. The monoisotopic (exact) mass is 518 g/mol. The molecule has 0 bridgehead atoms. The van der Waals surface area contributed by atoms with Gasteiger partial charge in [-0.15, -0.1) is 0 Å². The summed E-state index contributed by atoms with van der Waals surface area (Å²) in [7, 11) is 0. The minimum absolute atomic E-state index is 0.610. The van der Waals surface area contributed by atoms with E-state index in [1.807, 2.05) is 101 Å². The number of carboxylic acid groups (broad SMARTS) is 1. The SMILES string of the molecule is Cc1cc2nc(-c3ccccc3)ccc2c(-c2ccc3c4c(ccnc24)CCO3)c1[C@H](OC(C)(C)C)C(=O)O. The number of carboxylic acids is 1. The second-order valence-electron chi connectivity index (χ2n) is 11.0. The topological polar surface area (TPSA) is 81.5 Å². The molecule has 1 aliphatic heterocycles. The molecule has 0 radical (unpaired) electrons. The molecule has 3 aromatic carbocycles. The van der Waals surface area contributed by atoms with E-state index < -0.39 is 17.7 Å². The maximum atomic E-state index is 12.7. The molecule has 0 saturated heterocycles. The Labute approximate surface area is 227 Å². The van der Waals surface area contributed by atoms with Crippen LogP contribution in [0.25, 0.3) is 44.2 Å². The van der Waals surface area contributed by atoms with Gasteiger partial charge in [0.05, 0.1) is 28.9 Å². The lowest BCUT2D eigenvalue weighted by Gasteiger charge is -2.29. The van der Waals surface area contributed by atoms with Crippen LogP contribution in [-0.2, 0) is 16.0 Å². The van der Waals surface area contributed by atoms with Gasteiger partial charge in [0.15, 0.2) is 6.10 Å². The molecule has 0 fully saturated rings. The van der Waals surface area contributed by atoms with Crippen LogP contribution >= 0.6 is 0 Å². The Kier molecular flexibility index (Phi) is 6.07. The number of aryl methyl sites for hydroxylation is 1. The summed E-state index contributed by atoms with van der Waals surface area (Å²) in [6, 6.07) is 22.0. The number of fused-ring (bicyclic) bond motifs is 1. The van der Waals surface area contributed by atoms with Crippen LogP contribution in [0.2, 0.25) is 0 Å². The van der Waals surface area contributed by atoms with Gasteiger partial charge in [0.1, 0.15) is 5.75 Å². The van der Waals surface area contributed by atoms with Crippen LogP contribution < -0.4 is 4.74 Å². The second-order valence-corrected chi connectivity index (χ2v) is 11.0. The van der Waals surface area contributed by atoms with Gasteiger partial charge in [-0.25, -0.2) is 9.78 Å². The largest absolute Gasteiger partial charge is 0.493 e. The van der Waals surface area contributed by atoms with E-state index in [9.17, 15) is 9.90 Å². The van der Waals surface area contributed by atoms with Crippen molar-refractivity contribution in [3.05, 3.63) is 89.6 Å². The first-order valence-corrected chi connectivity index (χ1v) is 13.2. The van der Waals surface area contributed by atoms with Crippen molar-refractivity contribution in [2.45, 2.75) is 45.8 Å². The average molecular weight is 519 g/mol. The van der Waals surface area contributed by atoms with Gasteiger partial charge in [-0.2, -0.15) is 0 Å². The molecule has 39 heavy (non-hydrogen) atoms. The van der Waals surface area contributed by atoms with Gasteiger partial charge < -0.3 is 14.6 Å². The summed E-state index contributed by atoms with van der Waals surface area (Å²) in [5.74, 6) is -0.242. The summed E-state index contributed by atoms with van der Waals surface area (Å²) in [4.78, 5) is 22.6. The molecule has 3 heterocycles. The quantitative estimate of drug-likeness (QED) is 0.263. The van der Waals surface area contributed by atoms with Gasteiger partial charge in [-0.3, -0.25) is 4.98 Å². The van der Waals surface area contributed by atoms with Crippen molar-refractivity contribution in [3.63, 3.8) is 0 Å². The van der Waals surface area contributed by atoms with Crippen molar-refractivity contribution in [2.24, 2.45) is 0 Å². The Morgan fingerprint density at radius 2 is 1.85 bits per heavy atom. The number of rotatable bonds is 5. The molecule has 0 spiro atoms. The summed E-state index contributed by atoms with van der Waals surface area (Å²) in [5.41, 5.74) is 6.94. The zero-order valence-electron chi connectivity index (χ0n) is 22.5. The predicted molar refractivity (Wildman–Crippen MR) is 153 cm³/mol. The van der Waals surface area contributed by atoms with Crippen LogP contribution in [-0.4, -0.2) is 33.3 Å². The van der Waals surface area contributed by atoms with E-state index in [4.69, 9.17) is 19.4 Å². The smallest absolute Gasteiger partial charge is 0.337 e. The summed E-state index contributed by atoms with van der Waals surface area (Å²) < 4.78 is 12.2. The van der Waals surface area contributed by atoms with Gasteiger partial charge in [0.2, 0.25) is 0 Å². The maximum absolute atomic E-state index is 12.7. The Hall–Kier alpha value is -4.29. The molecule has 0 aliphatic carbocycles. The fourth-order valence-electron chi connectivity index (χ4n) is 5.51. The zero-order valence-corrected chi connectivity index (χ0v) is 22.5. The van der Waals surface area contributed by atoms with Gasteiger partial charge in [-0.05, 0) is 74.7 Å². The first-order valence-electron chi connectivity index (χ1n) is 13.2. The number of aromatic nitrogens is 2. The molecule has 0 saturated carbocycles. The second kappa shape index (κ2) is 9.47. The minimum Gasteiger partial charge on any atom is -0.493 e. The lowest BCUT2D eigenvalue weighted by atomic mass is 9.86. The summed E-state index contributed by atoms with van der Waals surface area (Å²) in [6.07, 6.45) is 1.43. The fraction of sp³-hybridized carbons (Fsp3) is 0.242. The van der Waals surface area contributed by atoms with Crippen LogP contribution in [0.3, 0.4) is 0 Å². The van der Waals surface area contributed by atoms with Crippen molar-refractivity contribution >= 4 is 27.8 Å². The van der Waals surface area contributed by atoms with Gasteiger partial charge in [-0.1, -0.05) is 36.4 Å². The Bertz CT molecular complexity index is 1730. The number of pyridine rings is 2. The maximum Gasteiger partial charge on any atom is 0.337 e. The normalized spacial score (nSPS) is 13.8. The Morgan fingerprint density at radius 1 is 1.05 bits per heavy atom. The van der Waals surface area contributed by atoms with Crippen LogP contribution in [0.4, 0.5) is 0 Å². The van der Waals surface area contributed by atoms with Gasteiger partial charge >= 0.3 is 5.97 Å². The Morgan fingerprint density at radius 3 is 2.59 bits per heavy atom. The number of aliphatic carboxylic acids is 1. The molecule has 6 heteroatoms. The van der Waals surface area contributed by atoms with Crippen LogP contribution in [0.5, 0.6) is 5.75 Å². The van der Waals surface area contributed by atoms with E-state index in [1.54, 1.807) is 0 Å². The third kappa shape index (κ3) is 4.51. The third-order valence-corrected chi connectivity index (χ3v) is 7.11. The number of hydrogen-bond donors (Lipinski definition) is 1. The first-order chi connectivity index (χ1) is 18.7. The molecule has 5 aromatic rings. The highest BCUT2D eigenvalue weighted by atomic mass is 16.5. The molecular formula is C33H30N2O4. The van der Waals surface area contributed by atoms with Crippen molar-refractivity contribution in [3.8, 4) is 28.1 Å². The molecule has 1 N–H and O–H groups in total. The van der Waals surface area contributed by atoms with Crippen LogP contribution in [0.1, 0.15) is 43.6 Å². The van der Waals surface area contributed by atoms with Crippen molar-refractivity contribution in [2.75, 3.05) is 6.61 Å². The molecule has 0 unspecified atom stereocenters. The van der Waals surface area contributed by atoms with E-state index in [0.29, 0.717) is 12.2 Å². The fourth-order valence-corrected chi connectivity index (χ4v) is 5.51. The molecule has 2 aromatic heterocycles. The highest BCUT2D eigenvalue weighted by molar-refractivity contribution is 6.08. The van der Waals surface area contributed by atoms with Gasteiger partial charge in [0.25, 0.3) is 0 Å². The molecule has 1 atom stereocenters. The van der Waals surface area contributed by atoms with Crippen LogP contribution in [0, 0.1) is 6.92 Å². The summed E-state index contributed by atoms with van der Waals surface area (Å²) in [5, 5.41) is 12.2. The molecule has 196 valence electrons. The van der Waals surface area contributed by atoms with Crippen molar-refractivity contribution < 1.29 is 19.4 Å². The van der Waals surface area contributed by atoms with Gasteiger partial charge in [0, 0.05) is 40.1 Å². The lowest BCUT2D eigenvalue weighted by Crippen LogP contribution is -2.28. The predicted octanol–water partition coefficient (Wildman–Crippen LogP) is 7.30. The number of ether oxygens (including phenoxy) is 2. The summed E-state index contributed by atoms with van der Waals surface area (Å²) >= 11 is 0. The van der Waals surface area contributed by atoms with E-state index in [2.05, 4.69) is 0 Å². The van der Waals surface area contributed by atoms with E-state index >= 15 is 0 Å². The minimum atomic E-state index is -1.18. The van der Waals surface area contributed by atoms with E-state index in [1.165, 1.54) is 5.56 Å². The first kappa shape index (κ1) is 25.0. The summed E-state index contributed by atoms with van der Waals surface area (Å²) in [6.45, 7) is 8.16. The molecule has 0 amide bonds. The highest BCUT2D eigenvalue weighted by Gasteiger charge is 2.33. The number of hydrogen-bond acceptors (Lipinski definition) is 5. The van der Waals surface area contributed by atoms with Crippen LogP contribution in [0.15, 0.2) is 72.9 Å². The molecule has 1 aliphatic rings. The zero-order chi connectivity index (χ0) is 27.3. The molecular weight excluding hydrogens is 488 g/mol.